The maximum absolute atomic E-state index is 9.89. The third-order valence-electron chi connectivity index (χ3n) is 2.83. The van der Waals surface area contributed by atoms with Gasteiger partial charge in [0, 0.05) is 7.11 Å². The summed E-state index contributed by atoms with van der Waals surface area (Å²) in [6.45, 7) is 3.54. The van der Waals surface area contributed by atoms with Crippen molar-refractivity contribution in [3.05, 3.63) is 0 Å². The van der Waals surface area contributed by atoms with E-state index in [2.05, 4.69) is 0 Å². The van der Waals surface area contributed by atoms with Crippen molar-refractivity contribution in [2.24, 2.45) is 5.92 Å². The highest BCUT2D eigenvalue weighted by Crippen LogP contribution is 2.27. The lowest BCUT2D eigenvalue weighted by Gasteiger charge is -2.43. The largest absolute Gasteiger partial charge is 0.394 e. The average molecular weight is 220 g/mol. The van der Waals surface area contributed by atoms with Crippen LogP contribution in [0.3, 0.4) is 0 Å². The Kier molecular flexibility index (Phi) is 4.48. The number of ether oxygens (including phenoxy) is 2. The summed E-state index contributed by atoms with van der Waals surface area (Å²) in [6, 6.07) is 0. The Morgan fingerprint density at radius 2 is 1.87 bits per heavy atom. The van der Waals surface area contributed by atoms with Crippen LogP contribution in [-0.4, -0.2) is 59.6 Å². The number of hydrogen-bond donors (Lipinski definition) is 3. The summed E-state index contributed by atoms with van der Waals surface area (Å²) in [7, 11) is 1.42. The summed E-state index contributed by atoms with van der Waals surface area (Å²) in [6.07, 6.45) is -3.68. The molecule has 0 aromatic rings. The Morgan fingerprint density at radius 1 is 1.27 bits per heavy atom. The molecule has 5 heteroatoms. The molecule has 0 radical (unpaired) electrons. The predicted octanol–water partition coefficient (Wildman–Crippen LogP) is -0.861. The highest BCUT2D eigenvalue weighted by atomic mass is 16.6. The lowest BCUT2D eigenvalue weighted by molar-refractivity contribution is -0.244. The third-order valence-corrected chi connectivity index (χ3v) is 2.83. The van der Waals surface area contributed by atoms with Gasteiger partial charge in [0.05, 0.1) is 12.7 Å². The molecular weight excluding hydrogens is 200 g/mol. The molecule has 5 atom stereocenters. The van der Waals surface area contributed by atoms with Crippen molar-refractivity contribution in [2.45, 2.75) is 44.4 Å². The van der Waals surface area contributed by atoms with Crippen molar-refractivity contribution in [3.8, 4) is 0 Å². The van der Waals surface area contributed by atoms with E-state index in [0.29, 0.717) is 0 Å². The summed E-state index contributed by atoms with van der Waals surface area (Å²) >= 11 is 0. The SMILES string of the molecule is CO[C@@H]1C(O)[C@H](C(C)C)OC(CO)[C@@H]1O. The van der Waals surface area contributed by atoms with Gasteiger partial charge in [-0.15, -0.1) is 0 Å². The highest BCUT2D eigenvalue weighted by Gasteiger charge is 2.45. The van der Waals surface area contributed by atoms with Crippen molar-refractivity contribution < 1.29 is 24.8 Å². The second kappa shape index (κ2) is 5.23. The minimum Gasteiger partial charge on any atom is -0.394 e. The summed E-state index contributed by atoms with van der Waals surface area (Å²) in [5, 5.41) is 28.7. The summed E-state index contributed by atoms with van der Waals surface area (Å²) in [5.74, 6) is 0.0965. The standard InChI is InChI=1S/C10H20O5/c1-5(2)9-8(13)10(14-3)7(12)6(4-11)15-9/h5-13H,4H2,1-3H3/t6?,7-,8?,9-,10-/m0/s1. The van der Waals surface area contributed by atoms with Crippen LogP contribution in [0.4, 0.5) is 0 Å². The zero-order valence-corrected chi connectivity index (χ0v) is 9.33. The van der Waals surface area contributed by atoms with Gasteiger partial charge in [-0.2, -0.15) is 0 Å². The Hall–Kier alpha value is -0.200. The maximum atomic E-state index is 9.89. The van der Waals surface area contributed by atoms with E-state index in [1.54, 1.807) is 0 Å². The fourth-order valence-electron chi connectivity index (χ4n) is 1.94. The first-order valence-corrected chi connectivity index (χ1v) is 5.18. The normalized spacial score (nSPS) is 42.2. The Morgan fingerprint density at radius 3 is 2.27 bits per heavy atom. The monoisotopic (exact) mass is 220 g/mol. The van der Waals surface area contributed by atoms with Crippen LogP contribution in [0.25, 0.3) is 0 Å². The van der Waals surface area contributed by atoms with Crippen LogP contribution in [0.2, 0.25) is 0 Å². The molecule has 0 aliphatic carbocycles. The molecule has 2 unspecified atom stereocenters. The van der Waals surface area contributed by atoms with Gasteiger partial charge in [0.25, 0.3) is 0 Å². The van der Waals surface area contributed by atoms with E-state index in [1.165, 1.54) is 7.11 Å². The van der Waals surface area contributed by atoms with Gasteiger partial charge in [0.1, 0.15) is 24.4 Å². The molecule has 0 bridgehead atoms. The zero-order valence-electron chi connectivity index (χ0n) is 9.33. The number of rotatable bonds is 3. The first kappa shape index (κ1) is 12.9. The molecule has 0 saturated carbocycles. The topological polar surface area (TPSA) is 79.2 Å². The number of hydrogen-bond acceptors (Lipinski definition) is 5. The van der Waals surface area contributed by atoms with Gasteiger partial charge in [0.2, 0.25) is 0 Å². The molecule has 5 nitrogen and oxygen atoms in total. The summed E-state index contributed by atoms with van der Waals surface area (Å²) < 4.78 is 10.5. The van der Waals surface area contributed by atoms with Crippen molar-refractivity contribution in [1.29, 1.82) is 0 Å². The van der Waals surface area contributed by atoms with E-state index in [9.17, 15) is 10.2 Å². The Balaban J connectivity index is 2.79. The lowest BCUT2D eigenvalue weighted by atomic mass is 9.89. The van der Waals surface area contributed by atoms with Crippen LogP contribution in [-0.2, 0) is 9.47 Å². The van der Waals surface area contributed by atoms with E-state index < -0.39 is 30.5 Å². The van der Waals surface area contributed by atoms with Crippen LogP contribution in [0.15, 0.2) is 0 Å². The lowest BCUT2D eigenvalue weighted by Crippen LogP contribution is -2.60. The zero-order chi connectivity index (χ0) is 11.6. The molecule has 15 heavy (non-hydrogen) atoms. The molecule has 1 aliphatic heterocycles. The van der Waals surface area contributed by atoms with Crippen LogP contribution >= 0.6 is 0 Å². The molecule has 0 aromatic heterocycles. The van der Waals surface area contributed by atoms with Crippen molar-refractivity contribution in [1.82, 2.24) is 0 Å². The quantitative estimate of drug-likeness (QED) is 0.577. The maximum Gasteiger partial charge on any atom is 0.114 e. The first-order valence-electron chi connectivity index (χ1n) is 5.18. The fraction of sp³-hybridized carbons (Fsp3) is 1.00. The minimum atomic E-state index is -0.995. The molecule has 3 N–H and O–H groups in total. The minimum absolute atomic E-state index is 0.0965. The van der Waals surface area contributed by atoms with Crippen LogP contribution in [0.5, 0.6) is 0 Å². The summed E-state index contributed by atoms with van der Waals surface area (Å²) in [4.78, 5) is 0. The fourth-order valence-corrected chi connectivity index (χ4v) is 1.94. The van der Waals surface area contributed by atoms with Crippen LogP contribution in [0.1, 0.15) is 13.8 Å². The number of aliphatic hydroxyl groups excluding tert-OH is 3. The Labute approximate surface area is 89.6 Å². The van der Waals surface area contributed by atoms with Crippen molar-refractivity contribution in [3.63, 3.8) is 0 Å². The van der Waals surface area contributed by atoms with E-state index >= 15 is 0 Å². The third kappa shape index (κ3) is 2.49. The molecule has 1 fully saturated rings. The van der Waals surface area contributed by atoms with Crippen LogP contribution < -0.4 is 0 Å². The molecule has 0 aromatic carbocycles. The smallest absolute Gasteiger partial charge is 0.114 e. The number of methoxy groups -OCH3 is 1. The first-order chi connectivity index (χ1) is 7.02. The second-order valence-corrected chi connectivity index (χ2v) is 4.25. The predicted molar refractivity (Wildman–Crippen MR) is 53.4 cm³/mol. The van der Waals surface area contributed by atoms with Gasteiger partial charge in [-0.1, -0.05) is 13.8 Å². The van der Waals surface area contributed by atoms with Gasteiger partial charge < -0.3 is 24.8 Å². The average Bonchev–Trinajstić information content (AvgIpc) is 2.18. The van der Waals surface area contributed by atoms with E-state index in [1.807, 2.05) is 13.8 Å². The van der Waals surface area contributed by atoms with Gasteiger partial charge in [-0.05, 0) is 5.92 Å². The molecule has 0 amide bonds. The number of aliphatic hydroxyl groups is 3. The molecule has 1 saturated heterocycles. The van der Waals surface area contributed by atoms with E-state index in [0.717, 1.165) is 0 Å². The highest BCUT2D eigenvalue weighted by molar-refractivity contribution is 4.93. The van der Waals surface area contributed by atoms with E-state index in [4.69, 9.17) is 14.6 Å². The molecular formula is C10H20O5. The molecule has 1 heterocycles. The molecule has 90 valence electrons. The van der Waals surface area contributed by atoms with Gasteiger partial charge in [0.15, 0.2) is 0 Å². The molecule has 1 rings (SSSR count). The molecule has 1 aliphatic rings. The van der Waals surface area contributed by atoms with Crippen LogP contribution in [0, 0.1) is 5.92 Å². The second-order valence-electron chi connectivity index (χ2n) is 4.25. The van der Waals surface area contributed by atoms with Gasteiger partial charge >= 0.3 is 0 Å². The van der Waals surface area contributed by atoms with Gasteiger partial charge in [-0.3, -0.25) is 0 Å². The van der Waals surface area contributed by atoms with Crippen molar-refractivity contribution in [2.75, 3.05) is 13.7 Å². The molecule has 0 spiro atoms. The van der Waals surface area contributed by atoms with E-state index in [-0.39, 0.29) is 12.5 Å². The van der Waals surface area contributed by atoms with Gasteiger partial charge in [-0.25, -0.2) is 0 Å². The Bertz CT molecular complexity index is 194. The van der Waals surface area contributed by atoms with Crippen molar-refractivity contribution >= 4 is 0 Å². The summed E-state index contributed by atoms with van der Waals surface area (Å²) in [5.41, 5.74) is 0.